The molecule has 6 nitrogen and oxygen atoms in total. The van der Waals surface area contributed by atoms with Crippen molar-refractivity contribution in [2.75, 3.05) is 25.5 Å². The van der Waals surface area contributed by atoms with Crippen LogP contribution in [0.2, 0.25) is 0 Å². The molecule has 0 radical (unpaired) electrons. The maximum atomic E-state index is 12.1. The second-order valence-corrected chi connectivity index (χ2v) is 5.01. The number of hydrogen-bond donors (Lipinski definition) is 3. The zero-order chi connectivity index (χ0) is 15.7. The minimum absolute atomic E-state index is 0.0904. The van der Waals surface area contributed by atoms with E-state index in [2.05, 4.69) is 5.32 Å². The van der Waals surface area contributed by atoms with Crippen molar-refractivity contribution in [1.82, 2.24) is 10.8 Å². The number of amides is 2. The average Bonchev–Trinajstić information content (AvgIpc) is 2.50. The maximum absolute atomic E-state index is 12.1. The third-order valence-corrected chi connectivity index (χ3v) is 3.12. The lowest BCUT2D eigenvalue weighted by molar-refractivity contribution is -0.129. The second kappa shape index (κ2) is 8.97. The zero-order valence-electron chi connectivity index (χ0n) is 12.6. The predicted octanol–water partition coefficient (Wildman–Crippen LogP) is 1.55. The Morgan fingerprint density at radius 3 is 2.52 bits per heavy atom. The Kier molecular flexibility index (Phi) is 7.25. The molecule has 1 aromatic rings. The Morgan fingerprint density at radius 2 is 1.86 bits per heavy atom. The molecule has 0 aromatic heterocycles. The highest BCUT2D eigenvalue weighted by Gasteiger charge is 2.11. The molecule has 2 amide bonds. The molecule has 116 valence electrons. The summed E-state index contributed by atoms with van der Waals surface area (Å²) in [6.45, 7) is 0.571. The molecular formula is C15H23N3O3. The molecule has 0 saturated carbocycles. The summed E-state index contributed by atoms with van der Waals surface area (Å²) in [7, 11) is 3.80. The first-order chi connectivity index (χ1) is 10.1. The van der Waals surface area contributed by atoms with E-state index in [1.807, 2.05) is 37.2 Å². The Bertz CT molecular complexity index is 475. The number of benzene rings is 1. The van der Waals surface area contributed by atoms with Crippen molar-refractivity contribution in [3.63, 3.8) is 0 Å². The van der Waals surface area contributed by atoms with Crippen LogP contribution in [-0.4, -0.2) is 37.7 Å². The minimum atomic E-state index is -0.376. The summed E-state index contributed by atoms with van der Waals surface area (Å²) < 4.78 is 0. The molecule has 6 heteroatoms. The van der Waals surface area contributed by atoms with E-state index in [0.717, 1.165) is 18.5 Å². The first-order valence-electron chi connectivity index (χ1n) is 7.03. The van der Waals surface area contributed by atoms with Crippen LogP contribution in [0.15, 0.2) is 24.3 Å². The van der Waals surface area contributed by atoms with Crippen LogP contribution >= 0.6 is 0 Å². The standard InChI is InChI=1S/C15H23N3O3/c1-18(2)13-9-6-5-8-12(13)15(20)16-11-7-3-4-10-14(19)17-21/h5-6,8-9,21H,3-4,7,10-11H2,1-2H3,(H,16,20)(H,17,19). The maximum Gasteiger partial charge on any atom is 0.253 e. The second-order valence-electron chi connectivity index (χ2n) is 5.01. The highest BCUT2D eigenvalue weighted by atomic mass is 16.5. The van der Waals surface area contributed by atoms with Crippen molar-refractivity contribution in [3.05, 3.63) is 29.8 Å². The van der Waals surface area contributed by atoms with Crippen molar-refractivity contribution < 1.29 is 14.8 Å². The highest BCUT2D eigenvalue weighted by molar-refractivity contribution is 5.99. The molecule has 3 N–H and O–H groups in total. The van der Waals surface area contributed by atoms with Crippen LogP contribution in [0, 0.1) is 0 Å². The third kappa shape index (κ3) is 5.83. The fraction of sp³-hybridized carbons (Fsp3) is 0.467. The Morgan fingerprint density at radius 1 is 1.14 bits per heavy atom. The van der Waals surface area contributed by atoms with Gasteiger partial charge in [0.2, 0.25) is 5.91 Å². The summed E-state index contributed by atoms with van der Waals surface area (Å²) >= 11 is 0. The van der Waals surface area contributed by atoms with Gasteiger partial charge in [-0.3, -0.25) is 14.8 Å². The third-order valence-electron chi connectivity index (χ3n) is 3.12. The molecule has 21 heavy (non-hydrogen) atoms. The number of para-hydroxylation sites is 1. The smallest absolute Gasteiger partial charge is 0.253 e. The van der Waals surface area contributed by atoms with E-state index in [9.17, 15) is 9.59 Å². The summed E-state index contributed by atoms with van der Waals surface area (Å²) in [6, 6.07) is 7.45. The minimum Gasteiger partial charge on any atom is -0.377 e. The molecule has 1 rings (SSSR count). The lowest BCUT2D eigenvalue weighted by Gasteiger charge is -2.16. The van der Waals surface area contributed by atoms with E-state index < -0.39 is 0 Å². The number of anilines is 1. The fourth-order valence-electron chi connectivity index (χ4n) is 2.00. The molecule has 0 aliphatic carbocycles. The van der Waals surface area contributed by atoms with E-state index in [1.54, 1.807) is 11.5 Å². The van der Waals surface area contributed by atoms with Gasteiger partial charge in [-0.1, -0.05) is 18.6 Å². The van der Waals surface area contributed by atoms with Crippen molar-refractivity contribution in [2.45, 2.75) is 25.7 Å². The van der Waals surface area contributed by atoms with Crippen molar-refractivity contribution in [2.24, 2.45) is 0 Å². The summed E-state index contributed by atoms with van der Waals surface area (Å²) in [6.07, 6.45) is 2.61. The number of nitrogens with zero attached hydrogens (tertiary/aromatic N) is 1. The summed E-state index contributed by atoms with van der Waals surface area (Å²) in [5.74, 6) is -0.466. The number of hydrogen-bond acceptors (Lipinski definition) is 4. The number of carbonyl (C=O) groups is 2. The van der Waals surface area contributed by atoms with E-state index in [4.69, 9.17) is 5.21 Å². The highest BCUT2D eigenvalue weighted by Crippen LogP contribution is 2.17. The number of carbonyl (C=O) groups excluding carboxylic acids is 2. The van der Waals surface area contributed by atoms with Crippen LogP contribution < -0.4 is 15.7 Å². The van der Waals surface area contributed by atoms with Crippen LogP contribution in [0.1, 0.15) is 36.0 Å². The van der Waals surface area contributed by atoms with Gasteiger partial charge in [0.25, 0.3) is 5.91 Å². The van der Waals surface area contributed by atoms with Crippen LogP contribution in [0.25, 0.3) is 0 Å². The van der Waals surface area contributed by atoms with Gasteiger partial charge in [0.1, 0.15) is 0 Å². The number of rotatable bonds is 8. The molecule has 0 bridgehead atoms. The lowest BCUT2D eigenvalue weighted by Crippen LogP contribution is -2.26. The van der Waals surface area contributed by atoms with E-state index in [0.29, 0.717) is 24.9 Å². The van der Waals surface area contributed by atoms with Gasteiger partial charge < -0.3 is 10.2 Å². The van der Waals surface area contributed by atoms with Gasteiger partial charge in [0.05, 0.1) is 5.56 Å². The van der Waals surface area contributed by atoms with E-state index in [-0.39, 0.29) is 11.8 Å². The normalized spacial score (nSPS) is 10.0. The van der Waals surface area contributed by atoms with Crippen molar-refractivity contribution in [3.8, 4) is 0 Å². The molecule has 0 saturated heterocycles. The SMILES string of the molecule is CN(C)c1ccccc1C(=O)NCCCCCC(=O)NO. The number of hydroxylamine groups is 1. The fourth-order valence-corrected chi connectivity index (χ4v) is 2.00. The molecular weight excluding hydrogens is 270 g/mol. The molecule has 0 fully saturated rings. The van der Waals surface area contributed by atoms with Gasteiger partial charge in [-0.25, -0.2) is 5.48 Å². The van der Waals surface area contributed by atoms with Crippen molar-refractivity contribution >= 4 is 17.5 Å². The number of unbranched alkanes of at least 4 members (excludes halogenated alkanes) is 2. The summed E-state index contributed by atoms with van der Waals surface area (Å²) in [5, 5.41) is 11.2. The average molecular weight is 293 g/mol. The van der Waals surface area contributed by atoms with Crippen LogP contribution in [-0.2, 0) is 4.79 Å². The van der Waals surface area contributed by atoms with Gasteiger partial charge in [-0.2, -0.15) is 0 Å². The molecule has 0 heterocycles. The summed E-state index contributed by atoms with van der Waals surface area (Å²) in [5.41, 5.74) is 3.14. The van der Waals surface area contributed by atoms with E-state index in [1.165, 1.54) is 0 Å². The quantitative estimate of drug-likeness (QED) is 0.386. The molecule has 0 spiro atoms. The summed E-state index contributed by atoms with van der Waals surface area (Å²) in [4.78, 5) is 24.8. The zero-order valence-corrected chi connectivity index (χ0v) is 12.6. The first-order valence-corrected chi connectivity index (χ1v) is 7.03. The van der Waals surface area contributed by atoms with Gasteiger partial charge >= 0.3 is 0 Å². The van der Waals surface area contributed by atoms with Gasteiger partial charge in [0.15, 0.2) is 0 Å². The lowest BCUT2D eigenvalue weighted by atomic mass is 10.1. The molecule has 1 aromatic carbocycles. The van der Waals surface area contributed by atoms with Crippen LogP contribution in [0.4, 0.5) is 5.69 Å². The first kappa shape index (κ1) is 17.0. The monoisotopic (exact) mass is 293 g/mol. The van der Waals surface area contributed by atoms with Gasteiger partial charge in [-0.15, -0.1) is 0 Å². The molecule has 0 aliphatic rings. The molecule has 0 aliphatic heterocycles. The number of nitrogens with one attached hydrogen (secondary N) is 2. The van der Waals surface area contributed by atoms with Gasteiger partial charge in [-0.05, 0) is 25.0 Å². The van der Waals surface area contributed by atoms with E-state index >= 15 is 0 Å². The van der Waals surface area contributed by atoms with Crippen LogP contribution in [0.3, 0.4) is 0 Å². The molecule has 0 atom stereocenters. The van der Waals surface area contributed by atoms with Crippen LogP contribution in [0.5, 0.6) is 0 Å². The predicted molar refractivity (Wildman–Crippen MR) is 81.5 cm³/mol. The van der Waals surface area contributed by atoms with Crippen molar-refractivity contribution in [1.29, 1.82) is 0 Å². The largest absolute Gasteiger partial charge is 0.377 e. The molecule has 0 unspecified atom stereocenters. The Hall–Kier alpha value is -2.08. The topological polar surface area (TPSA) is 81.7 Å². The Labute approximate surface area is 125 Å². The Balaban J connectivity index is 2.33. The van der Waals surface area contributed by atoms with Gasteiger partial charge in [0, 0.05) is 32.7 Å².